The van der Waals surface area contributed by atoms with Crippen LogP contribution in [0.25, 0.3) is 0 Å². The molecule has 204 valence electrons. The van der Waals surface area contributed by atoms with Gasteiger partial charge in [0.05, 0.1) is 18.4 Å². The van der Waals surface area contributed by atoms with Crippen molar-refractivity contribution in [3.8, 4) is 11.5 Å². The van der Waals surface area contributed by atoms with Crippen molar-refractivity contribution < 1.29 is 24.2 Å². The van der Waals surface area contributed by atoms with Gasteiger partial charge in [-0.05, 0) is 62.6 Å². The number of nitrogens with zero attached hydrogens (tertiary/aromatic N) is 1. The number of Topliss-reactive ketones (excluding diaryl/α,β-unsaturated/α-hetero) is 1. The van der Waals surface area contributed by atoms with Crippen molar-refractivity contribution in [3.63, 3.8) is 0 Å². The monoisotopic (exact) mass is 528 g/mol. The number of aliphatic imine (C=N–C) groups is 1. The summed E-state index contributed by atoms with van der Waals surface area (Å²) in [7, 11) is 1.64. The van der Waals surface area contributed by atoms with Gasteiger partial charge in [-0.25, -0.2) is 4.79 Å². The number of carbonyl (C=O) groups is 2. The van der Waals surface area contributed by atoms with Gasteiger partial charge in [0.25, 0.3) is 0 Å². The molecular formula is C32H36N2O5. The number of allylic oxidation sites excluding steroid dienone is 4. The second kappa shape index (κ2) is 14.0. The fourth-order valence-electron chi connectivity index (χ4n) is 4.64. The Labute approximate surface area is 230 Å². The Morgan fingerprint density at radius 2 is 1.95 bits per heavy atom. The first-order chi connectivity index (χ1) is 18.8. The van der Waals surface area contributed by atoms with Crippen LogP contribution < -0.4 is 10.1 Å². The molecule has 0 radical (unpaired) electrons. The first-order valence-corrected chi connectivity index (χ1v) is 12.8. The number of nitrogens with one attached hydrogen (secondary N) is 1. The van der Waals surface area contributed by atoms with Gasteiger partial charge in [0.15, 0.2) is 5.78 Å². The lowest BCUT2D eigenvalue weighted by molar-refractivity contribution is -0.137. The Balaban J connectivity index is 0.000000449. The van der Waals surface area contributed by atoms with Crippen LogP contribution in [0.3, 0.4) is 0 Å². The van der Waals surface area contributed by atoms with E-state index in [1.54, 1.807) is 25.3 Å². The minimum atomic E-state index is -0.447. The molecule has 39 heavy (non-hydrogen) atoms. The molecular weight excluding hydrogens is 492 g/mol. The van der Waals surface area contributed by atoms with Gasteiger partial charge in [-0.3, -0.25) is 9.79 Å². The van der Waals surface area contributed by atoms with Crippen molar-refractivity contribution in [2.45, 2.75) is 46.0 Å². The number of hydrogen-bond donors (Lipinski definition) is 2. The lowest BCUT2D eigenvalue weighted by Gasteiger charge is -2.32. The van der Waals surface area contributed by atoms with Crippen LogP contribution in [0.15, 0.2) is 101 Å². The van der Waals surface area contributed by atoms with Gasteiger partial charge in [-0.2, -0.15) is 0 Å². The first-order valence-electron chi connectivity index (χ1n) is 12.8. The number of ether oxygens (including phenoxy) is 2. The molecule has 2 aromatic carbocycles. The minimum absolute atomic E-state index is 0.0368. The van der Waals surface area contributed by atoms with Gasteiger partial charge >= 0.3 is 5.97 Å². The highest BCUT2D eigenvalue weighted by Gasteiger charge is 2.34. The molecule has 1 atom stereocenters. The molecule has 0 aromatic heterocycles. The number of rotatable bonds is 7. The fourth-order valence-corrected chi connectivity index (χ4v) is 4.64. The molecule has 1 aliphatic carbocycles. The summed E-state index contributed by atoms with van der Waals surface area (Å²) < 4.78 is 10.9. The first kappa shape index (κ1) is 29.2. The molecule has 0 amide bonds. The summed E-state index contributed by atoms with van der Waals surface area (Å²) >= 11 is 0. The van der Waals surface area contributed by atoms with Gasteiger partial charge in [0, 0.05) is 41.9 Å². The number of ketones is 1. The smallest absolute Gasteiger partial charge is 0.336 e. The quantitative estimate of drug-likeness (QED) is 0.335. The van der Waals surface area contributed by atoms with Crippen LogP contribution >= 0.6 is 0 Å². The zero-order chi connectivity index (χ0) is 28.4. The Bertz CT molecular complexity index is 1330. The zero-order valence-corrected chi connectivity index (χ0v) is 23.0. The van der Waals surface area contributed by atoms with Crippen molar-refractivity contribution in [2.24, 2.45) is 4.99 Å². The third kappa shape index (κ3) is 7.80. The molecule has 0 bridgehead atoms. The van der Waals surface area contributed by atoms with Crippen molar-refractivity contribution in [1.29, 1.82) is 0 Å². The average molecular weight is 529 g/mol. The summed E-state index contributed by atoms with van der Waals surface area (Å²) in [5.74, 6) is 0.761. The number of phenolic OH excluding ortho intramolecular Hbond substituents is 1. The summed E-state index contributed by atoms with van der Waals surface area (Å²) in [6.45, 7) is 9.25. The Hall–Kier alpha value is -4.39. The van der Waals surface area contributed by atoms with Crippen molar-refractivity contribution >= 4 is 17.5 Å². The molecule has 0 unspecified atom stereocenters. The lowest BCUT2D eigenvalue weighted by Crippen LogP contribution is -2.32. The summed E-state index contributed by atoms with van der Waals surface area (Å²) in [5.41, 5.74) is 5.44. The third-order valence-corrected chi connectivity index (χ3v) is 6.52. The largest absolute Gasteiger partial charge is 0.508 e. The van der Waals surface area contributed by atoms with Crippen LogP contribution in [0.2, 0.25) is 0 Å². The van der Waals surface area contributed by atoms with E-state index in [1.165, 1.54) is 6.20 Å². The van der Waals surface area contributed by atoms with E-state index in [4.69, 9.17) is 14.6 Å². The van der Waals surface area contributed by atoms with E-state index < -0.39 is 5.97 Å². The second-order valence-electron chi connectivity index (χ2n) is 9.35. The molecule has 1 aliphatic heterocycles. The second-order valence-corrected chi connectivity index (χ2v) is 9.35. The van der Waals surface area contributed by atoms with Crippen LogP contribution in [0, 0.1) is 6.92 Å². The van der Waals surface area contributed by atoms with Crippen molar-refractivity contribution in [2.75, 3.05) is 13.7 Å². The van der Waals surface area contributed by atoms with Gasteiger partial charge < -0.3 is 19.9 Å². The standard InChI is InChI=1S/C25H28N2O4.C7H8O/c1-5-9-18(26-6-2)15-31-25(29)20-14-21-22(27-16(20)3)12-17(13-23(21)28)19-10-7-8-11-24(19)30-4;1-6-3-2-4-7(8)5-6/h5-11,17,27H,2,12-15H2,1,3-4H3;2-5,8H,1H3/b9-5-,26-18?;/t17-;/m1./s1. The molecule has 2 aromatic rings. The number of esters is 1. The molecule has 4 rings (SSSR count). The van der Waals surface area contributed by atoms with E-state index in [0.717, 1.165) is 22.6 Å². The maximum Gasteiger partial charge on any atom is 0.336 e. The van der Waals surface area contributed by atoms with Crippen LogP contribution in [0.1, 0.15) is 50.2 Å². The number of methoxy groups -OCH3 is 1. The van der Waals surface area contributed by atoms with Gasteiger partial charge in [-0.1, -0.05) is 43.0 Å². The number of aryl methyl sites for hydroxylation is 1. The highest BCUT2D eigenvalue weighted by atomic mass is 16.5. The number of para-hydroxylation sites is 1. The van der Waals surface area contributed by atoms with E-state index in [2.05, 4.69) is 16.9 Å². The number of benzene rings is 2. The summed E-state index contributed by atoms with van der Waals surface area (Å²) in [5, 5.41) is 12.1. The molecule has 2 aliphatic rings. The molecule has 0 saturated heterocycles. The summed E-state index contributed by atoms with van der Waals surface area (Å²) in [4.78, 5) is 29.8. The highest BCUT2D eigenvalue weighted by Crippen LogP contribution is 2.41. The number of hydrogen-bond acceptors (Lipinski definition) is 7. The number of aromatic hydroxyl groups is 1. The van der Waals surface area contributed by atoms with E-state index in [0.29, 0.717) is 41.1 Å². The minimum Gasteiger partial charge on any atom is -0.508 e. The SMILES string of the molecule is C=CN=C(/C=C\C)COC(=O)C1=C(C)NC2=C(C1)C(=O)C[C@H](c1ccccc1OC)C2.Cc1cccc(O)c1. The predicted molar refractivity (Wildman–Crippen MR) is 154 cm³/mol. The lowest BCUT2D eigenvalue weighted by atomic mass is 9.78. The highest BCUT2D eigenvalue weighted by molar-refractivity contribution is 6.02. The fraction of sp³-hybridized carbons (Fsp3) is 0.281. The van der Waals surface area contributed by atoms with Crippen LogP contribution in [-0.4, -0.2) is 36.3 Å². The van der Waals surface area contributed by atoms with Crippen LogP contribution in [0.5, 0.6) is 11.5 Å². The van der Waals surface area contributed by atoms with E-state index in [1.807, 2.05) is 63.2 Å². The Morgan fingerprint density at radius 3 is 2.59 bits per heavy atom. The molecule has 0 spiro atoms. The van der Waals surface area contributed by atoms with Crippen molar-refractivity contribution in [1.82, 2.24) is 5.32 Å². The maximum absolute atomic E-state index is 13.0. The molecule has 0 saturated carbocycles. The molecule has 1 heterocycles. The molecule has 7 nitrogen and oxygen atoms in total. The molecule has 0 fully saturated rings. The van der Waals surface area contributed by atoms with Gasteiger partial charge in [0.1, 0.15) is 18.1 Å². The van der Waals surface area contributed by atoms with Gasteiger partial charge in [0.2, 0.25) is 0 Å². The number of dihydropyridines is 1. The van der Waals surface area contributed by atoms with E-state index in [-0.39, 0.29) is 24.7 Å². The molecule has 2 N–H and O–H groups in total. The maximum atomic E-state index is 13.0. The van der Waals surface area contributed by atoms with Crippen LogP contribution in [-0.2, 0) is 14.3 Å². The topological polar surface area (TPSA) is 97.2 Å². The zero-order valence-electron chi connectivity index (χ0n) is 23.0. The summed E-state index contributed by atoms with van der Waals surface area (Å²) in [6.07, 6.45) is 6.35. The Morgan fingerprint density at radius 1 is 1.18 bits per heavy atom. The van der Waals surface area contributed by atoms with E-state index >= 15 is 0 Å². The Kier molecular flexibility index (Phi) is 10.4. The number of phenols is 1. The third-order valence-electron chi connectivity index (χ3n) is 6.52. The number of carbonyl (C=O) groups excluding carboxylic acids is 2. The normalized spacial score (nSPS) is 17.2. The van der Waals surface area contributed by atoms with Crippen molar-refractivity contribution in [3.05, 3.63) is 107 Å². The molecule has 7 heteroatoms. The average Bonchev–Trinajstić information content (AvgIpc) is 2.91. The van der Waals surface area contributed by atoms with Gasteiger partial charge in [-0.15, -0.1) is 0 Å². The predicted octanol–water partition coefficient (Wildman–Crippen LogP) is 6.07. The van der Waals surface area contributed by atoms with Crippen LogP contribution in [0.4, 0.5) is 0 Å². The van der Waals surface area contributed by atoms with E-state index in [9.17, 15) is 9.59 Å². The summed E-state index contributed by atoms with van der Waals surface area (Å²) in [6, 6.07) is 14.9.